The zero-order valence-corrected chi connectivity index (χ0v) is 10.4. The summed E-state index contributed by atoms with van der Waals surface area (Å²) in [5, 5.41) is 8.87. The number of carbonyl (C=O) groups is 1. The van der Waals surface area contributed by atoms with Crippen molar-refractivity contribution in [3.05, 3.63) is 65.0 Å². The highest BCUT2D eigenvalue weighted by atomic mass is 19.1. The molecule has 0 aromatic heterocycles. The number of halogens is 1. The summed E-state index contributed by atoms with van der Waals surface area (Å²) in [4.78, 5) is 10.8. The predicted molar refractivity (Wildman–Crippen MR) is 68.9 cm³/mol. The van der Waals surface area contributed by atoms with Gasteiger partial charge in [0.2, 0.25) is 0 Å². The van der Waals surface area contributed by atoms with Gasteiger partial charge in [0.15, 0.2) is 0 Å². The van der Waals surface area contributed by atoms with E-state index in [1.807, 2.05) is 6.92 Å². The molecule has 3 nitrogen and oxygen atoms in total. The molecule has 2 aromatic carbocycles. The summed E-state index contributed by atoms with van der Waals surface area (Å²) >= 11 is 0. The smallest absolute Gasteiger partial charge is 0.335 e. The topological polar surface area (TPSA) is 46.5 Å². The molecule has 0 unspecified atom stereocenters. The molecular weight excluding hydrogens is 247 g/mol. The Morgan fingerprint density at radius 1 is 1.21 bits per heavy atom. The van der Waals surface area contributed by atoms with Crippen LogP contribution in [0.5, 0.6) is 5.75 Å². The van der Waals surface area contributed by atoms with Gasteiger partial charge in [0, 0.05) is 0 Å². The van der Waals surface area contributed by atoms with Crippen molar-refractivity contribution in [1.29, 1.82) is 0 Å². The molecule has 0 saturated heterocycles. The molecule has 0 aliphatic heterocycles. The standard InChI is InChI=1S/C15H13FO3/c1-10-8-11(15(17)18)2-3-12(10)9-19-14-6-4-13(16)5-7-14/h2-8H,9H2,1H3,(H,17,18). The zero-order valence-electron chi connectivity index (χ0n) is 10.4. The number of aryl methyl sites for hydroxylation is 1. The molecule has 0 heterocycles. The van der Waals surface area contributed by atoms with Gasteiger partial charge in [0.25, 0.3) is 0 Å². The summed E-state index contributed by atoms with van der Waals surface area (Å²) < 4.78 is 18.2. The maximum Gasteiger partial charge on any atom is 0.335 e. The van der Waals surface area contributed by atoms with Crippen LogP contribution in [0.15, 0.2) is 42.5 Å². The minimum atomic E-state index is -0.950. The Morgan fingerprint density at radius 3 is 2.47 bits per heavy atom. The van der Waals surface area contributed by atoms with Gasteiger partial charge >= 0.3 is 5.97 Å². The molecule has 0 aliphatic rings. The first kappa shape index (κ1) is 13.1. The molecule has 98 valence electrons. The van der Waals surface area contributed by atoms with Gasteiger partial charge in [-0.1, -0.05) is 6.07 Å². The Labute approximate surface area is 110 Å². The van der Waals surface area contributed by atoms with E-state index in [1.165, 1.54) is 12.1 Å². The molecule has 0 bridgehead atoms. The molecule has 2 rings (SSSR count). The molecule has 0 atom stereocenters. The average molecular weight is 260 g/mol. The Hall–Kier alpha value is -2.36. The lowest BCUT2D eigenvalue weighted by Gasteiger charge is -2.09. The SMILES string of the molecule is Cc1cc(C(=O)O)ccc1COc1ccc(F)cc1. The Balaban J connectivity index is 2.07. The second-order valence-corrected chi connectivity index (χ2v) is 4.19. The number of carboxylic acids is 1. The minimum absolute atomic E-state index is 0.253. The average Bonchev–Trinajstić information content (AvgIpc) is 2.39. The number of hydrogen-bond acceptors (Lipinski definition) is 2. The molecular formula is C15H13FO3. The molecule has 0 aliphatic carbocycles. The number of aromatic carboxylic acids is 1. The predicted octanol–water partition coefficient (Wildman–Crippen LogP) is 3.41. The fourth-order valence-corrected chi connectivity index (χ4v) is 1.68. The van der Waals surface area contributed by atoms with Crippen molar-refractivity contribution in [1.82, 2.24) is 0 Å². The van der Waals surface area contributed by atoms with Crippen LogP contribution in [-0.4, -0.2) is 11.1 Å². The van der Waals surface area contributed by atoms with Gasteiger partial charge in [-0.05, 0) is 54.4 Å². The normalized spacial score (nSPS) is 10.2. The maximum absolute atomic E-state index is 12.7. The first-order valence-corrected chi connectivity index (χ1v) is 5.77. The van der Waals surface area contributed by atoms with Crippen molar-refractivity contribution < 1.29 is 19.0 Å². The van der Waals surface area contributed by atoms with Gasteiger partial charge in [-0.3, -0.25) is 0 Å². The largest absolute Gasteiger partial charge is 0.489 e. The molecule has 4 heteroatoms. The minimum Gasteiger partial charge on any atom is -0.489 e. The molecule has 0 amide bonds. The van der Waals surface area contributed by atoms with Crippen LogP contribution in [0.4, 0.5) is 4.39 Å². The highest BCUT2D eigenvalue weighted by molar-refractivity contribution is 5.87. The maximum atomic E-state index is 12.7. The summed E-state index contributed by atoms with van der Waals surface area (Å²) in [5.41, 5.74) is 2.00. The van der Waals surface area contributed by atoms with E-state index in [4.69, 9.17) is 9.84 Å². The third-order valence-corrected chi connectivity index (χ3v) is 2.80. The first-order chi connectivity index (χ1) is 9.06. The number of hydrogen-bond donors (Lipinski definition) is 1. The van der Waals surface area contributed by atoms with Crippen molar-refractivity contribution in [2.75, 3.05) is 0 Å². The Morgan fingerprint density at radius 2 is 1.89 bits per heavy atom. The summed E-state index contributed by atoms with van der Waals surface area (Å²) in [7, 11) is 0. The zero-order chi connectivity index (χ0) is 13.8. The Bertz CT molecular complexity index is 591. The first-order valence-electron chi connectivity index (χ1n) is 5.77. The van der Waals surface area contributed by atoms with E-state index in [-0.39, 0.29) is 11.4 Å². The summed E-state index contributed by atoms with van der Waals surface area (Å²) in [6.07, 6.45) is 0. The monoisotopic (exact) mass is 260 g/mol. The molecule has 0 saturated carbocycles. The van der Waals surface area contributed by atoms with Gasteiger partial charge < -0.3 is 9.84 Å². The molecule has 19 heavy (non-hydrogen) atoms. The molecule has 1 N–H and O–H groups in total. The van der Waals surface area contributed by atoms with E-state index in [0.29, 0.717) is 12.4 Å². The van der Waals surface area contributed by atoms with E-state index in [9.17, 15) is 9.18 Å². The number of benzene rings is 2. The second-order valence-electron chi connectivity index (χ2n) is 4.19. The fraction of sp³-hybridized carbons (Fsp3) is 0.133. The fourth-order valence-electron chi connectivity index (χ4n) is 1.68. The van der Waals surface area contributed by atoms with Gasteiger partial charge in [0.05, 0.1) is 5.56 Å². The Kier molecular flexibility index (Phi) is 3.80. The number of ether oxygens (including phenoxy) is 1. The van der Waals surface area contributed by atoms with E-state index in [2.05, 4.69) is 0 Å². The van der Waals surface area contributed by atoms with Crippen LogP contribution >= 0.6 is 0 Å². The van der Waals surface area contributed by atoms with Crippen molar-refractivity contribution in [3.8, 4) is 5.75 Å². The van der Waals surface area contributed by atoms with Crippen molar-refractivity contribution in [2.24, 2.45) is 0 Å². The molecule has 0 radical (unpaired) electrons. The van der Waals surface area contributed by atoms with Crippen LogP contribution in [0.3, 0.4) is 0 Å². The highest BCUT2D eigenvalue weighted by Gasteiger charge is 2.06. The van der Waals surface area contributed by atoms with E-state index >= 15 is 0 Å². The van der Waals surface area contributed by atoms with Crippen molar-refractivity contribution >= 4 is 5.97 Å². The van der Waals surface area contributed by atoms with Crippen LogP contribution in [0.25, 0.3) is 0 Å². The lowest BCUT2D eigenvalue weighted by atomic mass is 10.1. The van der Waals surface area contributed by atoms with Gasteiger partial charge in [-0.15, -0.1) is 0 Å². The van der Waals surface area contributed by atoms with E-state index in [0.717, 1.165) is 11.1 Å². The number of rotatable bonds is 4. The lowest BCUT2D eigenvalue weighted by Crippen LogP contribution is -2.01. The molecule has 0 spiro atoms. The van der Waals surface area contributed by atoms with Gasteiger partial charge in [-0.2, -0.15) is 0 Å². The van der Waals surface area contributed by atoms with Crippen LogP contribution in [-0.2, 0) is 6.61 Å². The van der Waals surface area contributed by atoms with Crippen LogP contribution in [0.1, 0.15) is 21.5 Å². The highest BCUT2D eigenvalue weighted by Crippen LogP contribution is 2.16. The summed E-state index contributed by atoms with van der Waals surface area (Å²) in [6.45, 7) is 2.15. The van der Waals surface area contributed by atoms with Gasteiger partial charge in [-0.25, -0.2) is 9.18 Å². The second kappa shape index (κ2) is 5.52. The van der Waals surface area contributed by atoms with E-state index < -0.39 is 5.97 Å². The summed E-state index contributed by atoms with van der Waals surface area (Å²) in [6, 6.07) is 10.6. The lowest BCUT2D eigenvalue weighted by molar-refractivity contribution is 0.0696. The summed E-state index contributed by atoms with van der Waals surface area (Å²) in [5.74, 6) is -0.688. The van der Waals surface area contributed by atoms with Crippen LogP contribution in [0, 0.1) is 12.7 Å². The number of carboxylic acid groups (broad SMARTS) is 1. The van der Waals surface area contributed by atoms with Crippen molar-refractivity contribution in [3.63, 3.8) is 0 Å². The van der Waals surface area contributed by atoms with E-state index in [1.54, 1.807) is 30.3 Å². The quantitative estimate of drug-likeness (QED) is 0.916. The third kappa shape index (κ3) is 3.31. The van der Waals surface area contributed by atoms with Crippen LogP contribution in [0.2, 0.25) is 0 Å². The van der Waals surface area contributed by atoms with Crippen LogP contribution < -0.4 is 4.74 Å². The van der Waals surface area contributed by atoms with Crippen molar-refractivity contribution in [2.45, 2.75) is 13.5 Å². The molecule has 2 aromatic rings. The molecule has 0 fully saturated rings. The third-order valence-electron chi connectivity index (χ3n) is 2.80. The van der Waals surface area contributed by atoms with Gasteiger partial charge in [0.1, 0.15) is 18.2 Å².